The van der Waals surface area contributed by atoms with Crippen LogP contribution in [0.4, 0.5) is 0 Å². The number of ether oxygens (including phenoxy) is 1. The summed E-state index contributed by atoms with van der Waals surface area (Å²) in [6, 6.07) is 0. The quantitative estimate of drug-likeness (QED) is 0.788. The zero-order valence-corrected chi connectivity index (χ0v) is 12.0. The Balaban J connectivity index is 1.92. The zero-order valence-electron chi connectivity index (χ0n) is 11.2. The number of hydrogen-bond acceptors (Lipinski definition) is 5. The van der Waals surface area contributed by atoms with E-state index >= 15 is 0 Å². The Kier molecular flexibility index (Phi) is 4.72. The van der Waals surface area contributed by atoms with Gasteiger partial charge in [0, 0.05) is 30.7 Å². The lowest BCUT2D eigenvalue weighted by molar-refractivity contribution is 0.0969. The van der Waals surface area contributed by atoms with Crippen LogP contribution in [0, 0.1) is 0 Å². The molecule has 1 aromatic heterocycles. The van der Waals surface area contributed by atoms with Gasteiger partial charge in [-0.1, -0.05) is 0 Å². The van der Waals surface area contributed by atoms with Crippen LogP contribution in [0.1, 0.15) is 35.3 Å². The van der Waals surface area contributed by atoms with E-state index in [4.69, 9.17) is 9.84 Å². The Morgan fingerprint density at radius 1 is 1.50 bits per heavy atom. The lowest BCUT2D eigenvalue weighted by Crippen LogP contribution is -2.46. The van der Waals surface area contributed by atoms with E-state index in [1.807, 2.05) is 11.3 Å². The summed E-state index contributed by atoms with van der Waals surface area (Å²) in [6.07, 6.45) is 4.27. The second-order valence-corrected chi connectivity index (χ2v) is 6.32. The molecule has 5 heteroatoms. The number of thiazole rings is 1. The molecule has 1 atom stereocenters. The molecule has 1 unspecified atom stereocenters. The van der Waals surface area contributed by atoms with E-state index in [1.54, 1.807) is 7.11 Å². The summed E-state index contributed by atoms with van der Waals surface area (Å²) < 4.78 is 5.22. The van der Waals surface area contributed by atoms with Crippen LogP contribution in [0.5, 0.6) is 0 Å². The minimum Gasteiger partial charge on any atom is -0.396 e. The Morgan fingerprint density at radius 3 is 3.00 bits per heavy atom. The summed E-state index contributed by atoms with van der Waals surface area (Å²) >= 11 is 1.82. The first-order valence-corrected chi connectivity index (χ1v) is 7.31. The van der Waals surface area contributed by atoms with Crippen molar-refractivity contribution in [3.63, 3.8) is 0 Å². The fourth-order valence-corrected chi connectivity index (χ4v) is 3.48. The fourth-order valence-electron chi connectivity index (χ4n) is 2.39. The summed E-state index contributed by atoms with van der Waals surface area (Å²) in [5.41, 5.74) is 1.12. The Morgan fingerprint density at radius 2 is 2.33 bits per heavy atom. The monoisotopic (exact) mass is 270 g/mol. The van der Waals surface area contributed by atoms with E-state index in [9.17, 15) is 0 Å². The van der Waals surface area contributed by atoms with Gasteiger partial charge in [-0.2, -0.15) is 0 Å². The lowest BCUT2D eigenvalue weighted by atomic mass is 9.99. The highest BCUT2D eigenvalue weighted by Gasteiger charge is 2.24. The first kappa shape index (κ1) is 13.9. The number of aromatic nitrogens is 1. The number of nitrogens with zero attached hydrogens (tertiary/aromatic N) is 1. The van der Waals surface area contributed by atoms with Crippen molar-refractivity contribution in [2.75, 3.05) is 20.3 Å². The average Bonchev–Trinajstić information content (AvgIpc) is 2.87. The van der Waals surface area contributed by atoms with Gasteiger partial charge in [0.05, 0.1) is 12.3 Å². The van der Waals surface area contributed by atoms with Gasteiger partial charge in [-0.25, -0.2) is 4.98 Å². The topological polar surface area (TPSA) is 54.4 Å². The molecule has 0 spiro atoms. The van der Waals surface area contributed by atoms with Crippen molar-refractivity contribution < 1.29 is 9.84 Å². The Bertz CT molecular complexity index is 365. The van der Waals surface area contributed by atoms with E-state index in [2.05, 4.69) is 17.2 Å². The smallest absolute Gasteiger partial charge is 0.107 e. The van der Waals surface area contributed by atoms with Gasteiger partial charge < -0.3 is 15.2 Å². The van der Waals surface area contributed by atoms with E-state index in [-0.39, 0.29) is 12.1 Å². The number of aliphatic hydroxyl groups is 1. The van der Waals surface area contributed by atoms with Gasteiger partial charge >= 0.3 is 0 Å². The molecule has 1 aromatic rings. The van der Waals surface area contributed by atoms with Crippen molar-refractivity contribution in [3.8, 4) is 0 Å². The van der Waals surface area contributed by atoms with Crippen molar-refractivity contribution in [1.82, 2.24) is 10.3 Å². The normalized spacial score (nSPS) is 17.7. The highest BCUT2D eigenvalue weighted by molar-refractivity contribution is 7.11. The molecule has 0 saturated carbocycles. The van der Waals surface area contributed by atoms with E-state index < -0.39 is 0 Å². The molecule has 2 N–H and O–H groups in total. The number of fused-ring (bicyclic) bond motifs is 1. The van der Waals surface area contributed by atoms with Crippen LogP contribution in [-0.4, -0.2) is 36.0 Å². The molecule has 0 bridgehead atoms. The number of aryl methyl sites for hydroxylation is 2. The maximum atomic E-state index is 9.11. The van der Waals surface area contributed by atoms with Crippen molar-refractivity contribution in [3.05, 3.63) is 15.6 Å². The van der Waals surface area contributed by atoms with E-state index in [0.29, 0.717) is 13.0 Å². The fraction of sp³-hybridized carbons (Fsp3) is 0.769. The molecule has 0 fully saturated rings. The van der Waals surface area contributed by atoms with Gasteiger partial charge in [0.1, 0.15) is 5.01 Å². The molecule has 0 aliphatic heterocycles. The minimum atomic E-state index is -0.181. The number of hydrogen-bond donors (Lipinski definition) is 2. The third-order valence-electron chi connectivity index (χ3n) is 3.43. The summed E-state index contributed by atoms with van der Waals surface area (Å²) in [5, 5.41) is 13.7. The van der Waals surface area contributed by atoms with Gasteiger partial charge in [-0.05, 0) is 32.6 Å². The van der Waals surface area contributed by atoms with Crippen molar-refractivity contribution >= 4 is 11.3 Å². The van der Waals surface area contributed by atoms with E-state index in [1.165, 1.54) is 23.4 Å². The van der Waals surface area contributed by atoms with Crippen molar-refractivity contribution in [1.29, 1.82) is 0 Å². The summed E-state index contributed by atoms with van der Waals surface area (Å²) in [4.78, 5) is 6.13. The number of nitrogens with one attached hydrogen (secondary N) is 1. The molecular formula is C13H22N2O2S. The van der Waals surface area contributed by atoms with Gasteiger partial charge in [-0.15, -0.1) is 11.3 Å². The molecule has 1 aliphatic carbocycles. The van der Waals surface area contributed by atoms with Gasteiger partial charge in [0.2, 0.25) is 0 Å². The molecule has 0 saturated heterocycles. The molecule has 0 aromatic carbocycles. The molecular weight excluding hydrogens is 248 g/mol. The number of aliphatic hydroxyl groups excluding tert-OH is 1. The molecule has 1 aliphatic rings. The van der Waals surface area contributed by atoms with Crippen LogP contribution in [0.25, 0.3) is 0 Å². The molecule has 1 heterocycles. The van der Waals surface area contributed by atoms with Crippen LogP contribution in [0.2, 0.25) is 0 Å². The number of methoxy groups -OCH3 is 1. The Hall–Kier alpha value is -0.490. The molecule has 102 valence electrons. The molecule has 2 rings (SSSR count). The minimum absolute atomic E-state index is 0.168. The molecule has 4 nitrogen and oxygen atoms in total. The van der Waals surface area contributed by atoms with E-state index in [0.717, 1.165) is 18.0 Å². The van der Waals surface area contributed by atoms with Crippen LogP contribution in [0.15, 0.2) is 0 Å². The van der Waals surface area contributed by atoms with Crippen LogP contribution < -0.4 is 5.32 Å². The maximum absolute atomic E-state index is 9.11. The maximum Gasteiger partial charge on any atom is 0.107 e. The second-order valence-electron chi connectivity index (χ2n) is 5.15. The SMILES string of the molecule is COCC(C)(CCO)NCc1nc2c(s1)CCC2. The van der Waals surface area contributed by atoms with Crippen molar-refractivity contribution in [2.24, 2.45) is 0 Å². The van der Waals surface area contributed by atoms with Crippen LogP contribution >= 0.6 is 11.3 Å². The van der Waals surface area contributed by atoms with Gasteiger partial charge in [0.25, 0.3) is 0 Å². The van der Waals surface area contributed by atoms with Gasteiger partial charge in [-0.3, -0.25) is 0 Å². The summed E-state index contributed by atoms with van der Waals surface area (Å²) in [7, 11) is 1.69. The lowest BCUT2D eigenvalue weighted by Gasteiger charge is -2.29. The molecule has 0 radical (unpaired) electrons. The number of rotatable bonds is 7. The average molecular weight is 270 g/mol. The first-order chi connectivity index (χ1) is 8.67. The van der Waals surface area contributed by atoms with Crippen LogP contribution in [0.3, 0.4) is 0 Å². The van der Waals surface area contributed by atoms with Gasteiger partial charge in [0.15, 0.2) is 0 Å². The first-order valence-electron chi connectivity index (χ1n) is 6.49. The zero-order chi connectivity index (χ0) is 13.0. The third-order valence-corrected chi connectivity index (χ3v) is 4.59. The Labute approximate surface area is 112 Å². The molecule has 18 heavy (non-hydrogen) atoms. The van der Waals surface area contributed by atoms with Crippen LogP contribution in [-0.2, 0) is 24.1 Å². The largest absolute Gasteiger partial charge is 0.396 e. The summed E-state index contributed by atoms with van der Waals surface area (Å²) in [5.74, 6) is 0. The molecule has 0 amide bonds. The summed E-state index contributed by atoms with van der Waals surface area (Å²) in [6.45, 7) is 3.60. The highest BCUT2D eigenvalue weighted by atomic mass is 32.1. The third kappa shape index (κ3) is 3.29. The van der Waals surface area contributed by atoms with Crippen molar-refractivity contribution in [2.45, 2.75) is 44.7 Å². The predicted molar refractivity (Wildman–Crippen MR) is 73.0 cm³/mol. The second kappa shape index (κ2) is 6.10. The highest BCUT2D eigenvalue weighted by Crippen LogP contribution is 2.27. The standard InChI is InChI=1S/C13H22N2O2S/c1-13(6-7-16,9-17-2)14-8-12-15-10-4-3-5-11(10)18-12/h14,16H,3-9H2,1-2H3. The predicted octanol–water partition coefficient (Wildman–Crippen LogP) is 1.51.